The minimum absolute atomic E-state index is 0.0642. The monoisotopic (exact) mass is 439 g/mol. The lowest BCUT2D eigenvalue weighted by Crippen LogP contribution is -2.22. The molecule has 29 heavy (non-hydrogen) atoms. The maximum Gasteiger partial charge on any atom is 0.357 e. The fourth-order valence-corrected chi connectivity index (χ4v) is 5.00. The molecule has 0 saturated heterocycles. The Hall–Kier alpha value is -2.18. The Bertz CT molecular complexity index is 1110. The zero-order valence-electron chi connectivity index (χ0n) is 15.9. The molecule has 154 valence electrons. The number of benzene rings is 2. The van der Waals surface area contributed by atoms with Crippen molar-refractivity contribution in [1.82, 2.24) is 0 Å². The fraction of sp³-hybridized carbons (Fsp3) is 0.250. The number of hydrogen-bond donors (Lipinski definition) is 1. The van der Waals surface area contributed by atoms with Gasteiger partial charge in [-0.05, 0) is 44.2 Å². The standard InChI is InChI=1S/C20H20ClFNO5P/c1-3-27-29(25,28-4-2)20(23-13-9-10-17(22)16(21)11-13)15-12-26-18-8-6-5-7-14(18)19(15)24/h5-12,20,23H,3-4H2,1-2H3. The van der Waals surface area contributed by atoms with Crippen molar-refractivity contribution in [2.24, 2.45) is 0 Å². The SMILES string of the molecule is CCOP(=O)(OCC)C(Nc1ccc(F)c(Cl)c1)c1coc2ccccc2c1=O. The van der Waals surface area contributed by atoms with Crippen LogP contribution in [0.5, 0.6) is 0 Å². The van der Waals surface area contributed by atoms with E-state index < -0.39 is 19.2 Å². The minimum Gasteiger partial charge on any atom is -0.464 e. The van der Waals surface area contributed by atoms with Gasteiger partial charge < -0.3 is 18.8 Å². The van der Waals surface area contributed by atoms with Crippen molar-refractivity contribution in [1.29, 1.82) is 0 Å². The highest BCUT2D eigenvalue weighted by molar-refractivity contribution is 7.54. The van der Waals surface area contributed by atoms with Gasteiger partial charge in [0, 0.05) is 5.69 Å². The lowest BCUT2D eigenvalue weighted by atomic mass is 10.1. The highest BCUT2D eigenvalue weighted by Gasteiger charge is 2.39. The summed E-state index contributed by atoms with van der Waals surface area (Å²) in [5.41, 5.74) is 0.424. The van der Waals surface area contributed by atoms with E-state index in [0.717, 1.165) is 6.07 Å². The van der Waals surface area contributed by atoms with Crippen LogP contribution < -0.4 is 10.7 Å². The van der Waals surface area contributed by atoms with Crippen LogP contribution in [0.2, 0.25) is 5.02 Å². The van der Waals surface area contributed by atoms with Crippen LogP contribution in [0.3, 0.4) is 0 Å². The van der Waals surface area contributed by atoms with Gasteiger partial charge in [0.15, 0.2) is 11.2 Å². The van der Waals surface area contributed by atoms with Crippen LogP contribution in [-0.4, -0.2) is 13.2 Å². The van der Waals surface area contributed by atoms with Gasteiger partial charge in [-0.1, -0.05) is 23.7 Å². The predicted octanol–water partition coefficient (Wildman–Crippen LogP) is 5.96. The average molecular weight is 440 g/mol. The van der Waals surface area contributed by atoms with E-state index in [0.29, 0.717) is 16.7 Å². The number of halogens is 2. The van der Waals surface area contributed by atoms with E-state index in [-0.39, 0.29) is 29.2 Å². The summed E-state index contributed by atoms with van der Waals surface area (Å²) in [6, 6.07) is 10.6. The number of rotatable bonds is 8. The molecule has 0 bridgehead atoms. The number of anilines is 1. The van der Waals surface area contributed by atoms with Crippen molar-refractivity contribution in [3.8, 4) is 0 Å². The maximum atomic E-state index is 13.6. The second kappa shape index (κ2) is 9.09. The molecule has 0 radical (unpaired) electrons. The van der Waals surface area contributed by atoms with Crippen molar-refractivity contribution in [2.45, 2.75) is 19.6 Å². The first kappa shape index (κ1) is 21.5. The van der Waals surface area contributed by atoms with Gasteiger partial charge in [-0.25, -0.2) is 4.39 Å². The molecule has 3 rings (SSSR count). The second-order valence-corrected chi connectivity index (χ2v) is 8.59. The largest absolute Gasteiger partial charge is 0.464 e. The molecule has 3 aromatic rings. The van der Waals surface area contributed by atoms with Crippen molar-refractivity contribution >= 4 is 35.9 Å². The van der Waals surface area contributed by atoms with Gasteiger partial charge >= 0.3 is 7.60 Å². The van der Waals surface area contributed by atoms with E-state index in [1.165, 1.54) is 18.4 Å². The van der Waals surface area contributed by atoms with E-state index >= 15 is 0 Å². The molecule has 0 saturated carbocycles. The van der Waals surface area contributed by atoms with Crippen LogP contribution in [0, 0.1) is 5.82 Å². The Kier molecular flexibility index (Phi) is 6.75. The molecule has 0 spiro atoms. The van der Waals surface area contributed by atoms with Gasteiger partial charge in [-0.15, -0.1) is 0 Å². The quantitative estimate of drug-likeness (QED) is 0.436. The highest BCUT2D eigenvalue weighted by atomic mass is 35.5. The van der Waals surface area contributed by atoms with E-state index in [9.17, 15) is 13.8 Å². The van der Waals surface area contributed by atoms with E-state index in [1.807, 2.05) is 0 Å². The molecular formula is C20H20ClFNO5P. The summed E-state index contributed by atoms with van der Waals surface area (Å²) >= 11 is 5.86. The zero-order valence-corrected chi connectivity index (χ0v) is 17.5. The molecule has 0 aliphatic carbocycles. The highest BCUT2D eigenvalue weighted by Crippen LogP contribution is 2.60. The van der Waals surface area contributed by atoms with Gasteiger partial charge in [-0.3, -0.25) is 9.36 Å². The Balaban J connectivity index is 2.16. The summed E-state index contributed by atoms with van der Waals surface area (Å²) in [4.78, 5) is 13.1. The number of nitrogens with one attached hydrogen (secondary N) is 1. The summed E-state index contributed by atoms with van der Waals surface area (Å²) in [5.74, 6) is -1.79. The molecule has 0 fully saturated rings. The fourth-order valence-electron chi connectivity index (χ4n) is 2.90. The summed E-state index contributed by atoms with van der Waals surface area (Å²) in [6.45, 7) is 3.53. The van der Waals surface area contributed by atoms with Gasteiger partial charge in [-0.2, -0.15) is 0 Å². The molecule has 0 aliphatic rings. The first-order valence-corrected chi connectivity index (χ1v) is 11.0. The van der Waals surface area contributed by atoms with Crippen LogP contribution in [0.4, 0.5) is 10.1 Å². The van der Waals surface area contributed by atoms with E-state index in [2.05, 4.69) is 5.32 Å². The van der Waals surface area contributed by atoms with Gasteiger partial charge in [0.05, 0.1) is 29.2 Å². The molecular weight excluding hydrogens is 420 g/mol. The maximum absolute atomic E-state index is 13.6. The summed E-state index contributed by atoms with van der Waals surface area (Å²) in [7, 11) is -3.86. The van der Waals surface area contributed by atoms with Crippen molar-refractivity contribution < 1.29 is 22.4 Å². The van der Waals surface area contributed by atoms with Crippen molar-refractivity contribution in [3.63, 3.8) is 0 Å². The molecule has 1 heterocycles. The Morgan fingerprint density at radius 3 is 2.52 bits per heavy atom. The predicted molar refractivity (Wildman–Crippen MR) is 111 cm³/mol. The van der Waals surface area contributed by atoms with Crippen LogP contribution in [0.25, 0.3) is 11.0 Å². The Morgan fingerprint density at radius 2 is 1.86 bits per heavy atom. The third-order valence-electron chi connectivity index (χ3n) is 4.16. The summed E-state index contributed by atoms with van der Waals surface area (Å²) in [6.07, 6.45) is 1.23. The molecule has 2 aromatic carbocycles. The minimum atomic E-state index is -3.86. The second-order valence-electron chi connectivity index (χ2n) is 6.07. The molecule has 6 nitrogen and oxygen atoms in total. The third-order valence-corrected chi connectivity index (χ3v) is 6.72. The van der Waals surface area contributed by atoms with Crippen LogP contribution in [0.1, 0.15) is 25.2 Å². The van der Waals surface area contributed by atoms with Crippen molar-refractivity contribution in [2.75, 3.05) is 18.5 Å². The molecule has 1 aromatic heterocycles. The molecule has 1 atom stereocenters. The van der Waals surface area contributed by atoms with Gasteiger partial charge in [0.2, 0.25) is 0 Å². The normalized spacial score (nSPS) is 12.8. The number of para-hydroxylation sites is 1. The zero-order chi connectivity index (χ0) is 21.0. The first-order chi connectivity index (χ1) is 13.9. The summed E-state index contributed by atoms with van der Waals surface area (Å²) in [5, 5.41) is 3.16. The molecule has 1 unspecified atom stereocenters. The van der Waals surface area contributed by atoms with Gasteiger partial charge in [0.1, 0.15) is 17.7 Å². The first-order valence-electron chi connectivity index (χ1n) is 9.00. The van der Waals surface area contributed by atoms with Gasteiger partial charge in [0.25, 0.3) is 0 Å². The smallest absolute Gasteiger partial charge is 0.357 e. The average Bonchev–Trinajstić information content (AvgIpc) is 2.70. The molecule has 9 heteroatoms. The van der Waals surface area contributed by atoms with E-state index in [1.54, 1.807) is 38.1 Å². The molecule has 0 amide bonds. The van der Waals surface area contributed by atoms with Crippen LogP contribution in [0.15, 0.2) is 57.9 Å². The molecule has 1 N–H and O–H groups in total. The Labute approximate surface area is 172 Å². The van der Waals surface area contributed by atoms with E-state index in [4.69, 9.17) is 25.1 Å². The third kappa shape index (κ3) is 4.54. The van der Waals surface area contributed by atoms with Crippen LogP contribution >= 0.6 is 19.2 Å². The topological polar surface area (TPSA) is 77.8 Å². The van der Waals surface area contributed by atoms with Crippen LogP contribution in [-0.2, 0) is 13.6 Å². The molecule has 0 aliphatic heterocycles. The lowest BCUT2D eigenvalue weighted by molar-refractivity contribution is 0.214. The van der Waals surface area contributed by atoms with Crippen molar-refractivity contribution in [3.05, 3.63) is 75.4 Å². The number of hydrogen-bond acceptors (Lipinski definition) is 6. The number of fused-ring (bicyclic) bond motifs is 1. The summed E-state index contributed by atoms with van der Waals surface area (Å²) < 4.78 is 43.6. The Morgan fingerprint density at radius 1 is 1.17 bits per heavy atom. The lowest BCUT2D eigenvalue weighted by Gasteiger charge is -2.27.